The predicted octanol–water partition coefficient (Wildman–Crippen LogP) is 13.7. The van der Waals surface area contributed by atoms with Gasteiger partial charge in [0, 0.05) is 6.42 Å². The highest BCUT2D eigenvalue weighted by molar-refractivity contribution is 7.47. The van der Waals surface area contributed by atoms with Crippen LogP contribution in [0.2, 0.25) is 0 Å². The third kappa shape index (κ3) is 42.9. The SMILES string of the molecule is CCCCCC/C=C/C(O)C(COP(=O)(O)OCC[N+](C)(C)C)NC(=O)CCCCCCCCCCCCCCCCCCC/C=C\CCCCCCCCCC. The summed E-state index contributed by atoms with van der Waals surface area (Å²) >= 11 is 0. The summed E-state index contributed by atoms with van der Waals surface area (Å²) in [5, 5.41) is 13.7. The Bertz CT molecular complexity index is 984. The molecule has 0 bridgehead atoms. The molecule has 0 fully saturated rings. The number of amides is 1. The van der Waals surface area contributed by atoms with Crippen LogP contribution in [0.15, 0.2) is 24.3 Å². The van der Waals surface area contributed by atoms with Gasteiger partial charge in [-0.1, -0.05) is 199 Å². The summed E-state index contributed by atoms with van der Waals surface area (Å²) in [5.41, 5.74) is 0. The molecule has 0 aliphatic rings. The molecule has 0 radical (unpaired) electrons. The van der Waals surface area contributed by atoms with Crippen molar-refractivity contribution in [2.75, 3.05) is 40.9 Å². The van der Waals surface area contributed by atoms with Crippen molar-refractivity contribution in [1.29, 1.82) is 0 Å². The Morgan fingerprint density at radius 3 is 1.37 bits per heavy atom. The van der Waals surface area contributed by atoms with Crippen molar-refractivity contribution in [2.24, 2.45) is 0 Å². The fourth-order valence-corrected chi connectivity index (χ4v) is 7.77. The number of aliphatic hydroxyl groups excluding tert-OH is 1. The summed E-state index contributed by atoms with van der Waals surface area (Å²) < 4.78 is 23.4. The molecule has 0 rings (SSSR count). The molecule has 9 heteroatoms. The summed E-state index contributed by atoms with van der Waals surface area (Å²) in [6, 6.07) is -0.839. The summed E-state index contributed by atoms with van der Waals surface area (Å²) in [6.07, 6.45) is 48.8. The first-order valence-electron chi connectivity index (χ1n) is 24.2. The third-order valence-corrected chi connectivity index (χ3v) is 11.9. The highest BCUT2D eigenvalue weighted by Crippen LogP contribution is 2.43. The van der Waals surface area contributed by atoms with E-state index in [1.807, 2.05) is 27.2 Å². The minimum atomic E-state index is -4.32. The maximum Gasteiger partial charge on any atom is 0.472 e. The number of nitrogens with zero attached hydrogens (tertiary/aromatic N) is 1. The first-order chi connectivity index (χ1) is 27.5. The van der Waals surface area contributed by atoms with Crippen LogP contribution in [0.4, 0.5) is 0 Å². The minimum absolute atomic E-state index is 0.0624. The van der Waals surface area contributed by atoms with Crippen molar-refractivity contribution in [2.45, 2.75) is 238 Å². The lowest BCUT2D eigenvalue weighted by Crippen LogP contribution is -2.45. The largest absolute Gasteiger partial charge is 0.472 e. The van der Waals surface area contributed by atoms with E-state index >= 15 is 0 Å². The zero-order valence-corrected chi connectivity index (χ0v) is 39.2. The topological polar surface area (TPSA) is 105 Å². The van der Waals surface area contributed by atoms with E-state index in [2.05, 4.69) is 31.3 Å². The second kappa shape index (κ2) is 40.4. The number of phosphoric ester groups is 1. The molecule has 3 N–H and O–H groups in total. The molecular formula is C48H96N2O6P+. The molecule has 0 aromatic carbocycles. The van der Waals surface area contributed by atoms with Gasteiger partial charge in [-0.3, -0.25) is 13.8 Å². The molecule has 57 heavy (non-hydrogen) atoms. The summed E-state index contributed by atoms with van der Waals surface area (Å²) in [4.78, 5) is 23.0. The maximum atomic E-state index is 12.8. The number of phosphoric acid groups is 1. The average molecular weight is 828 g/mol. The van der Waals surface area contributed by atoms with Crippen LogP contribution >= 0.6 is 7.82 Å². The summed E-state index contributed by atoms with van der Waals surface area (Å²) in [7, 11) is 1.57. The maximum absolute atomic E-state index is 12.8. The number of allylic oxidation sites excluding steroid dienone is 3. The van der Waals surface area contributed by atoms with E-state index in [4.69, 9.17) is 9.05 Å². The molecule has 0 aliphatic carbocycles. The zero-order chi connectivity index (χ0) is 42.1. The van der Waals surface area contributed by atoms with Gasteiger partial charge in [-0.05, 0) is 44.9 Å². The quantitative estimate of drug-likeness (QED) is 0.0244. The molecule has 8 nitrogen and oxygen atoms in total. The first-order valence-corrected chi connectivity index (χ1v) is 25.7. The number of hydrogen-bond donors (Lipinski definition) is 3. The molecule has 0 aromatic heterocycles. The molecule has 338 valence electrons. The van der Waals surface area contributed by atoms with Gasteiger partial charge >= 0.3 is 7.82 Å². The highest BCUT2D eigenvalue weighted by atomic mass is 31.2. The molecule has 1 amide bonds. The highest BCUT2D eigenvalue weighted by Gasteiger charge is 2.27. The van der Waals surface area contributed by atoms with E-state index in [0.29, 0.717) is 17.4 Å². The molecular weight excluding hydrogens is 732 g/mol. The third-order valence-electron chi connectivity index (χ3n) is 10.9. The lowest BCUT2D eigenvalue weighted by atomic mass is 10.0. The van der Waals surface area contributed by atoms with Crippen molar-refractivity contribution < 1.29 is 32.9 Å². The van der Waals surface area contributed by atoms with Crippen LogP contribution in [-0.2, 0) is 18.4 Å². The Hall–Kier alpha value is -1.02. The van der Waals surface area contributed by atoms with E-state index in [1.54, 1.807) is 6.08 Å². The molecule has 0 aliphatic heterocycles. The summed E-state index contributed by atoms with van der Waals surface area (Å²) in [6.45, 7) is 4.74. The number of unbranched alkanes of at least 4 members (excludes halogenated alkanes) is 29. The normalized spacial score (nSPS) is 14.4. The Balaban J connectivity index is 3.90. The molecule has 3 atom stereocenters. The van der Waals surface area contributed by atoms with Crippen LogP contribution in [0.5, 0.6) is 0 Å². The van der Waals surface area contributed by atoms with Crippen LogP contribution in [0.25, 0.3) is 0 Å². The fourth-order valence-electron chi connectivity index (χ4n) is 7.04. The molecule has 3 unspecified atom stereocenters. The first kappa shape index (κ1) is 56.0. The Labute approximate surface area is 354 Å². The smallest absolute Gasteiger partial charge is 0.387 e. The Kier molecular flexibility index (Phi) is 39.7. The van der Waals surface area contributed by atoms with E-state index in [-0.39, 0.29) is 19.1 Å². The van der Waals surface area contributed by atoms with Crippen LogP contribution in [0.3, 0.4) is 0 Å². The van der Waals surface area contributed by atoms with Gasteiger partial charge in [0.2, 0.25) is 5.91 Å². The number of aliphatic hydroxyl groups is 1. The van der Waals surface area contributed by atoms with Crippen molar-refractivity contribution in [3.05, 3.63) is 24.3 Å². The van der Waals surface area contributed by atoms with Gasteiger partial charge in [-0.2, -0.15) is 0 Å². The number of carbonyl (C=O) groups is 1. The van der Waals surface area contributed by atoms with E-state index in [1.165, 1.54) is 161 Å². The molecule has 0 saturated heterocycles. The van der Waals surface area contributed by atoms with Crippen LogP contribution in [-0.4, -0.2) is 73.4 Å². The van der Waals surface area contributed by atoms with Gasteiger partial charge in [-0.15, -0.1) is 0 Å². The number of nitrogens with one attached hydrogen (secondary N) is 1. The number of hydrogen-bond acceptors (Lipinski definition) is 5. The number of rotatable bonds is 44. The van der Waals surface area contributed by atoms with E-state index in [0.717, 1.165) is 44.9 Å². The van der Waals surface area contributed by atoms with Gasteiger partial charge in [0.05, 0.1) is 39.9 Å². The monoisotopic (exact) mass is 828 g/mol. The Morgan fingerprint density at radius 1 is 0.579 bits per heavy atom. The standard InChI is InChI=1S/C48H95N2O6P/c1-6-8-10-12-14-15-16-17-18-19-20-21-22-23-24-25-26-27-28-29-30-31-32-33-34-35-36-38-40-42-48(52)49-46(47(51)41-39-37-13-11-9-7-2)45-56-57(53,54)55-44-43-50(3,4)5/h19-20,39,41,46-47,51H,6-18,21-38,40,42-45H2,1-5H3,(H-,49,52,53,54)/p+1/b20-19-,41-39+. The lowest BCUT2D eigenvalue weighted by molar-refractivity contribution is -0.870. The van der Waals surface area contributed by atoms with Crippen LogP contribution in [0, 0.1) is 0 Å². The number of likely N-dealkylation sites (N-methyl/N-ethyl adjacent to an activating group) is 1. The second-order valence-electron chi connectivity index (χ2n) is 17.8. The van der Waals surface area contributed by atoms with Crippen LogP contribution < -0.4 is 5.32 Å². The minimum Gasteiger partial charge on any atom is -0.387 e. The second-order valence-corrected chi connectivity index (χ2v) is 19.3. The van der Waals surface area contributed by atoms with Crippen LogP contribution in [0.1, 0.15) is 226 Å². The number of carbonyl (C=O) groups excluding carboxylic acids is 1. The van der Waals surface area contributed by atoms with Gasteiger partial charge in [0.15, 0.2) is 0 Å². The lowest BCUT2D eigenvalue weighted by Gasteiger charge is -2.25. The number of quaternary nitrogens is 1. The molecule has 0 heterocycles. The summed E-state index contributed by atoms with van der Waals surface area (Å²) in [5.74, 6) is -0.180. The van der Waals surface area contributed by atoms with Gasteiger partial charge in [0.1, 0.15) is 13.2 Å². The van der Waals surface area contributed by atoms with Gasteiger partial charge < -0.3 is 19.8 Å². The van der Waals surface area contributed by atoms with Crippen molar-refractivity contribution in [1.82, 2.24) is 5.32 Å². The predicted molar refractivity (Wildman–Crippen MR) is 245 cm³/mol. The molecule has 0 aromatic rings. The zero-order valence-electron chi connectivity index (χ0n) is 38.3. The van der Waals surface area contributed by atoms with Crippen molar-refractivity contribution >= 4 is 13.7 Å². The molecule has 0 spiro atoms. The Morgan fingerprint density at radius 2 is 0.947 bits per heavy atom. The molecule has 0 saturated carbocycles. The fraction of sp³-hybridized carbons (Fsp3) is 0.896. The van der Waals surface area contributed by atoms with E-state index in [9.17, 15) is 19.4 Å². The van der Waals surface area contributed by atoms with Gasteiger partial charge in [0.25, 0.3) is 0 Å². The van der Waals surface area contributed by atoms with Gasteiger partial charge in [-0.25, -0.2) is 4.57 Å². The van der Waals surface area contributed by atoms with Crippen molar-refractivity contribution in [3.8, 4) is 0 Å². The average Bonchev–Trinajstić information content (AvgIpc) is 3.16. The van der Waals surface area contributed by atoms with Crippen molar-refractivity contribution in [3.63, 3.8) is 0 Å². The van der Waals surface area contributed by atoms with E-state index < -0.39 is 20.0 Å².